The number of halogens is 2. The molecular formula is C26H28F2N6O5S. The number of rotatable bonds is 9. The predicted octanol–water partition coefficient (Wildman–Crippen LogP) is 4.05. The third-order valence-corrected chi connectivity index (χ3v) is 8.21. The quantitative estimate of drug-likeness (QED) is 0.287. The summed E-state index contributed by atoms with van der Waals surface area (Å²) in [6.45, 7) is 3.11. The molecule has 5 rings (SSSR count). The van der Waals surface area contributed by atoms with Crippen LogP contribution in [0.15, 0.2) is 47.4 Å². The molecule has 1 aliphatic carbocycles. The zero-order valence-corrected chi connectivity index (χ0v) is 22.8. The molecule has 14 heteroatoms. The summed E-state index contributed by atoms with van der Waals surface area (Å²) >= 11 is 0. The molecule has 1 atom stereocenters. The summed E-state index contributed by atoms with van der Waals surface area (Å²) in [4.78, 5) is 17.1. The van der Waals surface area contributed by atoms with Crippen molar-refractivity contribution < 1.29 is 31.0 Å². The molecular weight excluding hydrogens is 546 g/mol. The Hall–Kier alpha value is -4.04. The van der Waals surface area contributed by atoms with Crippen molar-refractivity contribution in [3.05, 3.63) is 70.7 Å². The molecule has 0 saturated heterocycles. The summed E-state index contributed by atoms with van der Waals surface area (Å²) in [5.41, 5.74) is 1.76. The minimum Gasteiger partial charge on any atom is -0.481 e. The molecule has 11 nitrogen and oxygen atoms in total. The van der Waals surface area contributed by atoms with E-state index in [9.17, 15) is 22.1 Å². The minimum absolute atomic E-state index is 0.0123. The van der Waals surface area contributed by atoms with E-state index in [1.54, 1.807) is 19.9 Å². The number of nitrogens with zero attached hydrogens (tertiary/aromatic N) is 4. The maximum absolute atomic E-state index is 14.9. The van der Waals surface area contributed by atoms with Crippen molar-refractivity contribution in [3.8, 4) is 5.88 Å². The smallest absolute Gasteiger partial charge is 0.297 e. The van der Waals surface area contributed by atoms with Gasteiger partial charge in [0.1, 0.15) is 18.3 Å². The Balaban J connectivity index is 1.37. The summed E-state index contributed by atoms with van der Waals surface area (Å²) in [6, 6.07) is 5.00. The average molecular weight is 575 g/mol. The number of amides is 1. The number of anilines is 1. The standard InChI is InChI=1S/C26H28F2N6O5S/c1-15-7-8-19(40(36,37)39-18-5-4-6-18)10-22(15)32-25(35)21-13-30-34-14-33(28)24(11-23(21)34)31-16(2)20-9-17(27)12-29-26(20)38-3/h7-13,16,18,31H,4-6,14H2,1-3H3,(H,32,35)/t16-/m1/s1. The number of pyridine rings is 1. The monoisotopic (exact) mass is 574 g/mol. The van der Waals surface area contributed by atoms with Crippen LogP contribution in [-0.2, 0) is 21.0 Å². The fraction of sp³-hybridized carbons (Fsp3) is 0.346. The maximum Gasteiger partial charge on any atom is 0.297 e. The number of aromatic nitrogens is 3. The molecule has 1 fully saturated rings. The second-order valence-electron chi connectivity index (χ2n) is 9.63. The molecule has 3 aromatic rings. The Kier molecular flexibility index (Phi) is 7.47. The average Bonchev–Trinajstić information content (AvgIpc) is 3.30. The first-order valence-electron chi connectivity index (χ1n) is 12.6. The maximum atomic E-state index is 14.9. The highest BCUT2D eigenvalue weighted by atomic mass is 32.2. The van der Waals surface area contributed by atoms with E-state index in [1.807, 2.05) is 0 Å². The molecule has 3 heterocycles. The van der Waals surface area contributed by atoms with Gasteiger partial charge in [0.25, 0.3) is 16.0 Å². The molecule has 1 amide bonds. The van der Waals surface area contributed by atoms with Crippen LogP contribution in [0.1, 0.15) is 59.4 Å². The van der Waals surface area contributed by atoms with Gasteiger partial charge < -0.3 is 15.4 Å². The molecule has 2 N–H and O–H groups in total. The topological polar surface area (TPSA) is 128 Å². The van der Waals surface area contributed by atoms with E-state index < -0.39 is 27.9 Å². The second kappa shape index (κ2) is 10.8. The highest BCUT2D eigenvalue weighted by Crippen LogP contribution is 2.30. The molecule has 40 heavy (non-hydrogen) atoms. The molecule has 0 spiro atoms. The Labute approximate surface area is 229 Å². The van der Waals surface area contributed by atoms with Crippen LogP contribution in [-0.4, -0.2) is 47.4 Å². The number of nitrogens with one attached hydrogen (secondary N) is 2. The summed E-state index contributed by atoms with van der Waals surface area (Å²) in [5, 5.41) is 10.2. The molecule has 0 radical (unpaired) electrons. The highest BCUT2D eigenvalue weighted by molar-refractivity contribution is 7.86. The van der Waals surface area contributed by atoms with Gasteiger partial charge >= 0.3 is 0 Å². The van der Waals surface area contributed by atoms with Crippen LogP contribution in [0.5, 0.6) is 5.88 Å². The number of ether oxygens (including phenoxy) is 1. The first-order chi connectivity index (χ1) is 19.1. The van der Waals surface area contributed by atoms with E-state index in [4.69, 9.17) is 8.92 Å². The molecule has 1 saturated carbocycles. The largest absolute Gasteiger partial charge is 0.481 e. The van der Waals surface area contributed by atoms with Crippen molar-refractivity contribution in [1.29, 1.82) is 0 Å². The molecule has 1 aliphatic heterocycles. The van der Waals surface area contributed by atoms with E-state index in [0.717, 1.165) is 12.6 Å². The third kappa shape index (κ3) is 5.49. The Morgan fingerprint density at radius 2 is 2.00 bits per heavy atom. The van der Waals surface area contributed by atoms with E-state index >= 15 is 0 Å². The van der Waals surface area contributed by atoms with E-state index in [-0.39, 0.29) is 40.6 Å². The van der Waals surface area contributed by atoms with Crippen LogP contribution in [0.3, 0.4) is 0 Å². The van der Waals surface area contributed by atoms with Crippen LogP contribution in [0.4, 0.5) is 14.6 Å². The fourth-order valence-corrected chi connectivity index (χ4v) is 5.50. The number of methoxy groups -OCH3 is 1. The van der Waals surface area contributed by atoms with Crippen molar-refractivity contribution in [2.75, 3.05) is 12.4 Å². The second-order valence-corrected chi connectivity index (χ2v) is 11.2. The lowest BCUT2D eigenvalue weighted by atomic mass is 9.97. The lowest BCUT2D eigenvalue weighted by Gasteiger charge is -2.27. The van der Waals surface area contributed by atoms with Gasteiger partial charge in [0.05, 0.1) is 47.8 Å². The molecule has 0 unspecified atom stereocenters. The van der Waals surface area contributed by atoms with Crippen LogP contribution < -0.4 is 15.4 Å². The normalized spacial score (nSPS) is 16.0. The van der Waals surface area contributed by atoms with Crippen molar-refractivity contribution in [2.45, 2.75) is 56.8 Å². The molecule has 1 aromatic carbocycles. The number of hydrogen-bond donors (Lipinski definition) is 2. The summed E-state index contributed by atoms with van der Waals surface area (Å²) < 4.78 is 65.9. The molecule has 2 aliphatic rings. The van der Waals surface area contributed by atoms with Gasteiger partial charge in [-0.2, -0.15) is 18.6 Å². The van der Waals surface area contributed by atoms with Crippen LogP contribution in [0, 0.1) is 12.7 Å². The van der Waals surface area contributed by atoms with Crippen molar-refractivity contribution in [2.24, 2.45) is 0 Å². The van der Waals surface area contributed by atoms with Gasteiger partial charge in [0.2, 0.25) is 5.88 Å². The summed E-state index contributed by atoms with van der Waals surface area (Å²) in [7, 11) is -2.59. The van der Waals surface area contributed by atoms with Crippen LogP contribution >= 0.6 is 0 Å². The van der Waals surface area contributed by atoms with Gasteiger partial charge in [0, 0.05) is 17.3 Å². The Bertz CT molecular complexity index is 1590. The Morgan fingerprint density at radius 1 is 1.23 bits per heavy atom. The minimum atomic E-state index is -3.99. The van der Waals surface area contributed by atoms with E-state index in [0.29, 0.717) is 34.8 Å². The highest BCUT2D eigenvalue weighted by Gasteiger charge is 2.29. The lowest BCUT2D eigenvalue weighted by molar-refractivity contribution is 0.0153. The number of aryl methyl sites for hydroxylation is 1. The number of fused-ring (bicyclic) bond motifs is 1. The van der Waals surface area contributed by atoms with Gasteiger partial charge in [0.15, 0.2) is 0 Å². The number of benzene rings is 1. The first-order valence-corrected chi connectivity index (χ1v) is 14.0. The third-order valence-electron chi connectivity index (χ3n) is 6.85. The van der Waals surface area contributed by atoms with E-state index in [2.05, 4.69) is 20.7 Å². The predicted molar refractivity (Wildman–Crippen MR) is 140 cm³/mol. The van der Waals surface area contributed by atoms with Crippen molar-refractivity contribution >= 4 is 27.8 Å². The van der Waals surface area contributed by atoms with Gasteiger partial charge in [-0.3, -0.25) is 8.98 Å². The number of carbonyl (C=O) groups excluding carboxylic acids is 1. The SMILES string of the molecule is COc1ncc(F)cc1[C@@H](C)NC1=Cc2c(C(=O)Nc3cc(S(=O)(=O)OC4CCC4)ccc3C)cnn2CN1F. The van der Waals surface area contributed by atoms with Gasteiger partial charge in [-0.15, -0.1) is 0 Å². The summed E-state index contributed by atoms with van der Waals surface area (Å²) in [6.07, 6.45) is 5.70. The van der Waals surface area contributed by atoms with Gasteiger partial charge in [-0.1, -0.05) is 10.5 Å². The number of hydrogen-bond acceptors (Lipinski definition) is 9. The Morgan fingerprint density at radius 3 is 2.70 bits per heavy atom. The van der Waals surface area contributed by atoms with Crippen LogP contribution in [0.25, 0.3) is 6.08 Å². The zero-order valence-electron chi connectivity index (χ0n) is 22.0. The number of carbonyl (C=O) groups is 1. The zero-order chi connectivity index (χ0) is 28.6. The summed E-state index contributed by atoms with van der Waals surface area (Å²) in [5.74, 6) is -0.937. The van der Waals surface area contributed by atoms with Gasteiger partial charge in [-0.25, -0.2) is 14.1 Å². The van der Waals surface area contributed by atoms with Crippen molar-refractivity contribution in [3.63, 3.8) is 0 Å². The molecule has 212 valence electrons. The molecule has 2 aromatic heterocycles. The van der Waals surface area contributed by atoms with Crippen LogP contribution in [0.2, 0.25) is 0 Å². The fourth-order valence-electron chi connectivity index (χ4n) is 4.35. The molecule has 0 bridgehead atoms. The van der Waals surface area contributed by atoms with Crippen molar-refractivity contribution in [1.82, 2.24) is 25.2 Å². The first kappa shape index (κ1) is 27.5. The lowest BCUT2D eigenvalue weighted by Crippen LogP contribution is -2.33. The van der Waals surface area contributed by atoms with E-state index in [1.165, 1.54) is 42.3 Å². The van der Waals surface area contributed by atoms with Gasteiger partial charge in [-0.05, 0) is 56.9 Å².